The number of aryl methyl sites for hydroxylation is 2. The molecular formula is C15H17N5O3. The van der Waals surface area contributed by atoms with Crippen molar-refractivity contribution in [3.63, 3.8) is 0 Å². The second-order valence-corrected chi connectivity index (χ2v) is 5.11. The number of nitrogens with one attached hydrogen (secondary N) is 2. The number of nitrogens with zero attached hydrogens (tertiary/aromatic N) is 3. The Morgan fingerprint density at radius 2 is 2.09 bits per heavy atom. The molecule has 0 unspecified atom stereocenters. The number of aromatic nitrogens is 2. The summed E-state index contributed by atoms with van der Waals surface area (Å²) in [4.78, 5) is 22.1. The Bertz CT molecular complexity index is 766. The summed E-state index contributed by atoms with van der Waals surface area (Å²) in [6.45, 7) is 7.58. The molecule has 0 saturated carbocycles. The van der Waals surface area contributed by atoms with E-state index in [1.165, 1.54) is 10.7 Å². The average Bonchev–Trinajstić information content (AvgIpc) is 2.86. The fraction of sp³-hybridized carbons (Fsp3) is 0.200. The summed E-state index contributed by atoms with van der Waals surface area (Å²) < 4.78 is 1.44. The summed E-state index contributed by atoms with van der Waals surface area (Å²) in [5.41, 5.74) is 7.81. The standard InChI is InChI=1S/C15H17N5O3/c1-10-5-4-6-13(7-10)15(21)17-16-11(2)9-19-12(3)8-14(18-19)20(22)23/h4-8,16H,2,9H2,1,3H3,(H,17,21). The summed E-state index contributed by atoms with van der Waals surface area (Å²) in [5, 5.41) is 14.5. The maximum atomic E-state index is 12.0. The van der Waals surface area contributed by atoms with Crippen molar-refractivity contribution in [3.8, 4) is 0 Å². The molecule has 0 bridgehead atoms. The molecule has 1 aromatic carbocycles. The minimum absolute atomic E-state index is 0.202. The predicted octanol–water partition coefficient (Wildman–Crippen LogP) is 1.86. The Morgan fingerprint density at radius 3 is 2.70 bits per heavy atom. The van der Waals surface area contributed by atoms with Crippen LogP contribution < -0.4 is 10.9 Å². The van der Waals surface area contributed by atoms with Gasteiger partial charge in [0, 0.05) is 11.3 Å². The van der Waals surface area contributed by atoms with Gasteiger partial charge in [-0.3, -0.25) is 10.2 Å². The number of nitro groups is 1. The van der Waals surface area contributed by atoms with Gasteiger partial charge < -0.3 is 15.5 Å². The Morgan fingerprint density at radius 1 is 1.35 bits per heavy atom. The van der Waals surface area contributed by atoms with Crippen LogP contribution in [0.5, 0.6) is 0 Å². The molecule has 1 heterocycles. The van der Waals surface area contributed by atoms with Crippen molar-refractivity contribution in [2.24, 2.45) is 0 Å². The van der Waals surface area contributed by atoms with E-state index in [-0.39, 0.29) is 18.3 Å². The number of carbonyl (C=O) groups is 1. The van der Waals surface area contributed by atoms with E-state index < -0.39 is 4.92 Å². The van der Waals surface area contributed by atoms with Gasteiger partial charge in [0.1, 0.15) is 6.54 Å². The molecule has 0 aliphatic rings. The number of carbonyl (C=O) groups excluding carboxylic acids is 1. The van der Waals surface area contributed by atoms with Crippen LogP contribution in [0, 0.1) is 24.0 Å². The summed E-state index contributed by atoms with van der Waals surface area (Å²) in [6.07, 6.45) is 0. The molecule has 8 nitrogen and oxygen atoms in total. The highest BCUT2D eigenvalue weighted by Gasteiger charge is 2.15. The van der Waals surface area contributed by atoms with Gasteiger partial charge in [-0.2, -0.15) is 4.68 Å². The zero-order valence-corrected chi connectivity index (χ0v) is 12.9. The van der Waals surface area contributed by atoms with Crippen LogP contribution in [0.4, 0.5) is 5.82 Å². The predicted molar refractivity (Wildman–Crippen MR) is 84.5 cm³/mol. The monoisotopic (exact) mass is 315 g/mol. The molecule has 0 spiro atoms. The summed E-state index contributed by atoms with van der Waals surface area (Å²) in [7, 11) is 0. The molecule has 1 aromatic heterocycles. The molecule has 23 heavy (non-hydrogen) atoms. The first-order valence-electron chi connectivity index (χ1n) is 6.86. The van der Waals surface area contributed by atoms with Gasteiger partial charge in [-0.15, -0.1) is 0 Å². The lowest BCUT2D eigenvalue weighted by Crippen LogP contribution is -2.37. The van der Waals surface area contributed by atoms with Crippen LogP contribution in [0.3, 0.4) is 0 Å². The van der Waals surface area contributed by atoms with Gasteiger partial charge in [-0.1, -0.05) is 24.3 Å². The highest BCUT2D eigenvalue weighted by molar-refractivity contribution is 5.94. The van der Waals surface area contributed by atoms with Crippen molar-refractivity contribution in [1.82, 2.24) is 20.6 Å². The first-order chi connectivity index (χ1) is 10.9. The highest BCUT2D eigenvalue weighted by Crippen LogP contribution is 2.11. The molecule has 8 heteroatoms. The van der Waals surface area contributed by atoms with E-state index in [9.17, 15) is 14.9 Å². The fourth-order valence-corrected chi connectivity index (χ4v) is 1.97. The molecule has 0 saturated heterocycles. The third-order valence-electron chi connectivity index (χ3n) is 3.13. The molecule has 2 aromatic rings. The quantitative estimate of drug-likeness (QED) is 0.625. The number of rotatable bonds is 6. The molecule has 1 amide bonds. The smallest absolute Gasteiger partial charge is 0.358 e. The Balaban J connectivity index is 1.93. The summed E-state index contributed by atoms with van der Waals surface area (Å²) in [5.74, 6) is -0.517. The highest BCUT2D eigenvalue weighted by atomic mass is 16.6. The molecule has 0 radical (unpaired) electrons. The van der Waals surface area contributed by atoms with Crippen molar-refractivity contribution in [3.05, 3.63) is 69.5 Å². The number of amides is 1. The molecular weight excluding hydrogens is 298 g/mol. The van der Waals surface area contributed by atoms with E-state index in [1.807, 2.05) is 13.0 Å². The average molecular weight is 315 g/mol. The van der Waals surface area contributed by atoms with E-state index in [2.05, 4.69) is 22.5 Å². The summed E-state index contributed by atoms with van der Waals surface area (Å²) >= 11 is 0. The van der Waals surface area contributed by atoms with Gasteiger partial charge in [0.05, 0.1) is 16.9 Å². The van der Waals surface area contributed by atoms with Crippen LogP contribution in [-0.4, -0.2) is 20.6 Å². The molecule has 0 fully saturated rings. The molecule has 0 aliphatic carbocycles. The Labute approximate surface area is 132 Å². The van der Waals surface area contributed by atoms with Crippen molar-refractivity contribution in [2.75, 3.05) is 0 Å². The van der Waals surface area contributed by atoms with Crippen molar-refractivity contribution in [1.29, 1.82) is 0 Å². The number of hydrogen-bond donors (Lipinski definition) is 2. The van der Waals surface area contributed by atoms with Gasteiger partial charge in [0.15, 0.2) is 0 Å². The molecule has 0 aliphatic heterocycles. The van der Waals surface area contributed by atoms with Crippen LogP contribution in [0.1, 0.15) is 21.6 Å². The first-order valence-corrected chi connectivity index (χ1v) is 6.86. The third-order valence-corrected chi connectivity index (χ3v) is 3.13. The SMILES string of the molecule is C=C(Cn1nc([N+](=O)[O-])cc1C)NNC(=O)c1cccc(C)c1. The van der Waals surface area contributed by atoms with Crippen LogP contribution in [0.2, 0.25) is 0 Å². The number of allylic oxidation sites excluding steroid dienone is 1. The largest absolute Gasteiger partial charge is 0.390 e. The number of hydrazine groups is 1. The van der Waals surface area contributed by atoms with E-state index >= 15 is 0 Å². The molecule has 120 valence electrons. The van der Waals surface area contributed by atoms with Crippen LogP contribution in [-0.2, 0) is 6.54 Å². The van der Waals surface area contributed by atoms with E-state index in [1.54, 1.807) is 25.1 Å². The van der Waals surface area contributed by atoms with Crippen molar-refractivity contribution >= 4 is 11.7 Å². The van der Waals surface area contributed by atoms with Crippen LogP contribution >= 0.6 is 0 Å². The van der Waals surface area contributed by atoms with Gasteiger partial charge in [-0.05, 0) is 30.9 Å². The second kappa shape index (κ2) is 6.73. The molecule has 2 N–H and O–H groups in total. The van der Waals surface area contributed by atoms with Crippen LogP contribution in [0.15, 0.2) is 42.6 Å². The van der Waals surface area contributed by atoms with Gasteiger partial charge in [0.25, 0.3) is 5.91 Å². The second-order valence-electron chi connectivity index (χ2n) is 5.11. The van der Waals surface area contributed by atoms with E-state index in [0.29, 0.717) is 17.0 Å². The van der Waals surface area contributed by atoms with Crippen molar-refractivity contribution < 1.29 is 9.72 Å². The molecule has 2 rings (SSSR count). The Kier molecular flexibility index (Phi) is 4.75. The third kappa shape index (κ3) is 4.16. The lowest BCUT2D eigenvalue weighted by atomic mass is 10.1. The fourth-order valence-electron chi connectivity index (χ4n) is 1.97. The van der Waals surface area contributed by atoms with Crippen LogP contribution in [0.25, 0.3) is 0 Å². The van der Waals surface area contributed by atoms with Gasteiger partial charge >= 0.3 is 5.82 Å². The van der Waals surface area contributed by atoms with Gasteiger partial charge in [0.2, 0.25) is 0 Å². The topological polar surface area (TPSA) is 102 Å². The zero-order chi connectivity index (χ0) is 17.0. The van der Waals surface area contributed by atoms with E-state index in [4.69, 9.17) is 0 Å². The number of hydrogen-bond acceptors (Lipinski definition) is 5. The van der Waals surface area contributed by atoms with Crippen molar-refractivity contribution in [2.45, 2.75) is 20.4 Å². The first kappa shape index (κ1) is 16.2. The lowest BCUT2D eigenvalue weighted by molar-refractivity contribution is -0.389. The van der Waals surface area contributed by atoms with E-state index in [0.717, 1.165) is 5.56 Å². The minimum atomic E-state index is -0.556. The van der Waals surface area contributed by atoms with Gasteiger partial charge in [-0.25, -0.2) is 0 Å². The lowest BCUT2D eigenvalue weighted by Gasteiger charge is -2.10. The minimum Gasteiger partial charge on any atom is -0.358 e. The molecule has 0 atom stereocenters. The Hall–Kier alpha value is -3.16. The zero-order valence-electron chi connectivity index (χ0n) is 12.9. The summed E-state index contributed by atoms with van der Waals surface area (Å²) in [6, 6.07) is 8.54. The maximum Gasteiger partial charge on any atom is 0.390 e. The normalized spacial score (nSPS) is 10.2. The maximum absolute atomic E-state index is 12.0. The number of benzene rings is 1.